The Bertz CT molecular complexity index is 603. The summed E-state index contributed by atoms with van der Waals surface area (Å²) in [6, 6.07) is 9.22. The third-order valence-corrected chi connectivity index (χ3v) is 4.94. The van der Waals surface area contributed by atoms with E-state index in [4.69, 9.17) is 16.9 Å². The third kappa shape index (κ3) is 3.69. The van der Waals surface area contributed by atoms with Crippen molar-refractivity contribution >= 4 is 21.6 Å². The van der Waals surface area contributed by atoms with Gasteiger partial charge in [0, 0.05) is 11.4 Å². The molecule has 19 heavy (non-hydrogen) atoms. The van der Waals surface area contributed by atoms with Crippen molar-refractivity contribution in [3.8, 4) is 6.07 Å². The van der Waals surface area contributed by atoms with E-state index < -0.39 is 15.6 Å². The van der Waals surface area contributed by atoms with Gasteiger partial charge in [-0.25, -0.2) is 13.1 Å². The van der Waals surface area contributed by atoms with Gasteiger partial charge < -0.3 is 0 Å². The Morgan fingerprint density at radius 1 is 1.42 bits per heavy atom. The Morgan fingerprint density at radius 3 is 2.74 bits per heavy atom. The summed E-state index contributed by atoms with van der Waals surface area (Å²) in [5.74, 6) is -0.0110. The van der Waals surface area contributed by atoms with Crippen LogP contribution >= 0.6 is 11.6 Å². The van der Waals surface area contributed by atoms with E-state index in [-0.39, 0.29) is 12.2 Å². The zero-order chi connectivity index (χ0) is 13.9. The average molecular weight is 299 g/mol. The van der Waals surface area contributed by atoms with Crippen molar-refractivity contribution in [2.75, 3.05) is 5.75 Å². The topological polar surface area (TPSA) is 70.0 Å². The van der Waals surface area contributed by atoms with Gasteiger partial charge in [0.15, 0.2) is 0 Å². The van der Waals surface area contributed by atoms with Crippen LogP contribution in [-0.2, 0) is 15.6 Å². The second-order valence-electron chi connectivity index (χ2n) is 4.78. The highest BCUT2D eigenvalue weighted by Crippen LogP contribution is 2.46. The first kappa shape index (κ1) is 14.3. The van der Waals surface area contributed by atoms with Crippen LogP contribution in [-0.4, -0.2) is 14.2 Å². The highest BCUT2D eigenvalue weighted by molar-refractivity contribution is 7.89. The monoisotopic (exact) mass is 298 g/mol. The largest absolute Gasteiger partial charge is 0.212 e. The summed E-state index contributed by atoms with van der Waals surface area (Å²) in [5.41, 5.74) is 0.417. The van der Waals surface area contributed by atoms with E-state index in [0.717, 1.165) is 18.4 Å². The molecule has 0 atom stereocenters. The molecule has 1 N–H and O–H groups in total. The molecular weight excluding hydrogens is 284 g/mol. The van der Waals surface area contributed by atoms with Gasteiger partial charge in [-0.05, 0) is 37.0 Å². The molecule has 0 spiro atoms. The van der Waals surface area contributed by atoms with Crippen LogP contribution in [0, 0.1) is 11.3 Å². The fourth-order valence-corrected chi connectivity index (χ4v) is 3.78. The van der Waals surface area contributed by atoms with Crippen LogP contribution in [0.2, 0.25) is 5.02 Å². The quantitative estimate of drug-likeness (QED) is 0.821. The van der Waals surface area contributed by atoms with Crippen LogP contribution in [0.4, 0.5) is 0 Å². The zero-order valence-corrected chi connectivity index (χ0v) is 12.0. The molecular formula is C13H15ClN2O2S. The maximum atomic E-state index is 12.0. The van der Waals surface area contributed by atoms with Crippen LogP contribution in [0.1, 0.15) is 31.2 Å². The summed E-state index contributed by atoms with van der Waals surface area (Å²) in [6.07, 6.45) is 2.18. The SMILES string of the molecule is N#CCCCS(=O)(=O)NC1(c2cccc(Cl)c2)CC1. The van der Waals surface area contributed by atoms with E-state index >= 15 is 0 Å². The van der Waals surface area contributed by atoms with Gasteiger partial charge in [-0.2, -0.15) is 5.26 Å². The second-order valence-corrected chi connectivity index (χ2v) is 7.05. The van der Waals surface area contributed by atoms with Gasteiger partial charge in [-0.1, -0.05) is 23.7 Å². The van der Waals surface area contributed by atoms with Crippen LogP contribution in [0.5, 0.6) is 0 Å². The third-order valence-electron chi connectivity index (χ3n) is 3.18. The predicted octanol–water partition coefficient (Wildman–Crippen LogP) is 2.55. The van der Waals surface area contributed by atoms with E-state index in [1.54, 1.807) is 12.1 Å². The lowest BCUT2D eigenvalue weighted by Crippen LogP contribution is -2.36. The Labute approximate surface area is 118 Å². The first-order valence-corrected chi connectivity index (χ1v) is 8.15. The molecule has 1 aromatic rings. The van der Waals surface area contributed by atoms with Crippen molar-refractivity contribution < 1.29 is 8.42 Å². The van der Waals surface area contributed by atoms with Crippen molar-refractivity contribution in [2.24, 2.45) is 0 Å². The van der Waals surface area contributed by atoms with Gasteiger partial charge in [0.2, 0.25) is 10.0 Å². The maximum Gasteiger partial charge on any atom is 0.212 e. The fourth-order valence-electron chi connectivity index (χ4n) is 2.05. The van der Waals surface area contributed by atoms with Gasteiger partial charge in [0.1, 0.15) is 0 Å². The predicted molar refractivity (Wildman–Crippen MR) is 74.1 cm³/mol. The van der Waals surface area contributed by atoms with Crippen molar-refractivity contribution in [3.05, 3.63) is 34.9 Å². The number of nitriles is 1. The highest BCUT2D eigenvalue weighted by atomic mass is 35.5. The van der Waals surface area contributed by atoms with E-state index in [1.165, 1.54) is 0 Å². The number of sulfonamides is 1. The van der Waals surface area contributed by atoms with Crippen LogP contribution in [0.3, 0.4) is 0 Å². The summed E-state index contributed by atoms with van der Waals surface area (Å²) in [6.45, 7) is 0. The molecule has 0 amide bonds. The molecule has 0 aromatic heterocycles. The standard InChI is InChI=1S/C13H15ClN2O2S/c14-12-5-3-4-11(10-12)13(6-7-13)16-19(17,18)9-2-1-8-15/h3-5,10,16H,1-2,6-7,9H2. The number of nitrogens with zero attached hydrogens (tertiary/aromatic N) is 1. The van der Waals surface area contributed by atoms with Crippen LogP contribution in [0.25, 0.3) is 0 Å². The molecule has 0 unspecified atom stereocenters. The summed E-state index contributed by atoms with van der Waals surface area (Å²) in [7, 11) is -3.35. The molecule has 0 aliphatic heterocycles. The normalized spacial score (nSPS) is 16.8. The highest BCUT2D eigenvalue weighted by Gasteiger charge is 2.47. The van der Waals surface area contributed by atoms with Gasteiger partial charge in [0.05, 0.1) is 17.4 Å². The number of rotatable bonds is 6. The molecule has 1 fully saturated rings. The van der Waals surface area contributed by atoms with Gasteiger partial charge in [-0.3, -0.25) is 0 Å². The Morgan fingerprint density at radius 2 is 2.16 bits per heavy atom. The molecule has 2 rings (SSSR count). The van der Waals surface area contributed by atoms with E-state index in [9.17, 15) is 8.42 Å². The number of hydrogen-bond acceptors (Lipinski definition) is 3. The molecule has 6 heteroatoms. The fraction of sp³-hybridized carbons (Fsp3) is 0.462. The number of nitrogens with one attached hydrogen (secondary N) is 1. The second kappa shape index (κ2) is 5.49. The van der Waals surface area contributed by atoms with Gasteiger partial charge >= 0.3 is 0 Å². The molecule has 4 nitrogen and oxygen atoms in total. The summed E-state index contributed by atoms with van der Waals surface area (Å²) >= 11 is 5.94. The maximum absolute atomic E-state index is 12.0. The van der Waals surface area contributed by atoms with Crippen molar-refractivity contribution in [3.63, 3.8) is 0 Å². The first-order chi connectivity index (χ1) is 8.97. The van der Waals surface area contributed by atoms with E-state index in [0.29, 0.717) is 11.4 Å². The van der Waals surface area contributed by atoms with Crippen molar-refractivity contribution in [1.82, 2.24) is 4.72 Å². The van der Waals surface area contributed by atoms with Crippen LogP contribution in [0.15, 0.2) is 24.3 Å². The molecule has 1 aromatic carbocycles. The summed E-state index contributed by atoms with van der Waals surface area (Å²) in [5, 5.41) is 9.04. The van der Waals surface area contributed by atoms with E-state index in [1.807, 2.05) is 18.2 Å². The average Bonchev–Trinajstić information content (AvgIpc) is 3.09. The summed E-state index contributed by atoms with van der Waals surface area (Å²) < 4.78 is 26.7. The molecule has 0 bridgehead atoms. The minimum Gasteiger partial charge on any atom is -0.212 e. The Balaban J connectivity index is 2.08. The van der Waals surface area contributed by atoms with Crippen molar-refractivity contribution in [2.45, 2.75) is 31.2 Å². The van der Waals surface area contributed by atoms with Crippen molar-refractivity contribution in [1.29, 1.82) is 5.26 Å². The molecule has 0 saturated heterocycles. The number of unbranched alkanes of at least 4 members (excludes halogenated alkanes) is 1. The Kier molecular flexibility index (Phi) is 4.14. The number of benzene rings is 1. The lowest BCUT2D eigenvalue weighted by Gasteiger charge is -2.18. The zero-order valence-electron chi connectivity index (χ0n) is 10.4. The lowest BCUT2D eigenvalue weighted by molar-refractivity contribution is 0.550. The molecule has 102 valence electrons. The smallest absolute Gasteiger partial charge is 0.212 e. The summed E-state index contributed by atoms with van der Waals surface area (Å²) in [4.78, 5) is 0. The number of hydrogen-bond donors (Lipinski definition) is 1. The molecule has 0 heterocycles. The van der Waals surface area contributed by atoms with E-state index in [2.05, 4.69) is 4.72 Å². The molecule has 1 aliphatic carbocycles. The lowest BCUT2D eigenvalue weighted by atomic mass is 10.1. The van der Waals surface area contributed by atoms with Gasteiger partial charge in [-0.15, -0.1) is 0 Å². The molecule has 1 aliphatic rings. The molecule has 1 saturated carbocycles. The van der Waals surface area contributed by atoms with Gasteiger partial charge in [0.25, 0.3) is 0 Å². The first-order valence-electron chi connectivity index (χ1n) is 6.12. The number of halogens is 1. The van der Waals surface area contributed by atoms with Crippen LogP contribution < -0.4 is 4.72 Å². The minimum atomic E-state index is -3.35. The molecule has 0 radical (unpaired) electrons. The minimum absolute atomic E-state index is 0.0110. The Hall–Kier alpha value is -1.09.